The highest BCUT2D eigenvalue weighted by Crippen LogP contribution is 2.38. The smallest absolute Gasteiger partial charge is 0.255 e. The summed E-state index contributed by atoms with van der Waals surface area (Å²) in [5.41, 5.74) is 3.18. The molecule has 220 valence electrons. The van der Waals surface area contributed by atoms with Gasteiger partial charge in [-0.2, -0.15) is 5.26 Å². The van der Waals surface area contributed by atoms with Gasteiger partial charge in [0.05, 0.1) is 23.9 Å². The summed E-state index contributed by atoms with van der Waals surface area (Å²) in [5, 5.41) is 11.3. The van der Waals surface area contributed by atoms with Gasteiger partial charge in [-0.15, -0.1) is 0 Å². The van der Waals surface area contributed by atoms with Crippen molar-refractivity contribution in [3.05, 3.63) is 94.3 Å². The van der Waals surface area contributed by atoms with Crippen LogP contribution in [0.4, 0.5) is 10.1 Å². The second-order valence-electron chi connectivity index (χ2n) is 11.5. The molecule has 3 aromatic rings. The van der Waals surface area contributed by atoms with E-state index in [9.17, 15) is 18.8 Å². The summed E-state index contributed by atoms with van der Waals surface area (Å²) in [6, 6.07) is 20.2. The maximum absolute atomic E-state index is 14.4. The van der Waals surface area contributed by atoms with Crippen molar-refractivity contribution in [1.29, 1.82) is 5.26 Å². The highest BCUT2D eigenvalue weighted by Gasteiger charge is 2.49. The summed E-state index contributed by atoms with van der Waals surface area (Å²) >= 11 is 0. The number of benzene rings is 3. The molecule has 3 amide bonds. The van der Waals surface area contributed by atoms with Crippen molar-refractivity contribution in [1.82, 2.24) is 15.1 Å². The van der Waals surface area contributed by atoms with Gasteiger partial charge in [0.15, 0.2) is 0 Å². The predicted octanol–water partition coefficient (Wildman–Crippen LogP) is 3.75. The summed E-state index contributed by atoms with van der Waals surface area (Å²) in [4.78, 5) is 43.5. The van der Waals surface area contributed by atoms with E-state index in [1.54, 1.807) is 36.1 Å². The summed E-state index contributed by atoms with van der Waals surface area (Å²) < 4.78 is 20.6. The number of hydrogen-bond acceptors (Lipinski definition) is 7. The number of amides is 3. The fourth-order valence-corrected chi connectivity index (χ4v) is 6.03. The number of halogens is 1. The molecule has 2 saturated heterocycles. The molecule has 0 aromatic heterocycles. The molecule has 3 aliphatic heterocycles. The zero-order chi connectivity index (χ0) is 30.1. The van der Waals surface area contributed by atoms with Gasteiger partial charge in [-0.1, -0.05) is 30.3 Å². The Balaban J connectivity index is 1.04. The molecular formula is C33H32FN5O4. The molecule has 0 bridgehead atoms. The molecule has 0 radical (unpaired) electrons. The van der Waals surface area contributed by atoms with Gasteiger partial charge in [0.1, 0.15) is 23.7 Å². The van der Waals surface area contributed by atoms with Gasteiger partial charge in [-0.3, -0.25) is 24.6 Å². The molecule has 43 heavy (non-hydrogen) atoms. The van der Waals surface area contributed by atoms with Crippen LogP contribution in [0.2, 0.25) is 0 Å². The molecule has 9 nitrogen and oxygen atoms in total. The van der Waals surface area contributed by atoms with Crippen LogP contribution in [0.15, 0.2) is 60.7 Å². The van der Waals surface area contributed by atoms with E-state index < -0.39 is 11.4 Å². The Labute approximate surface area is 249 Å². The molecule has 0 unspecified atom stereocenters. The lowest BCUT2D eigenvalue weighted by Crippen LogP contribution is -2.61. The maximum atomic E-state index is 14.4. The van der Waals surface area contributed by atoms with Crippen molar-refractivity contribution in [2.24, 2.45) is 0 Å². The zero-order valence-electron chi connectivity index (χ0n) is 23.9. The highest BCUT2D eigenvalue weighted by atomic mass is 19.1. The number of carbonyl (C=O) groups excluding carboxylic acids is 3. The molecule has 3 aromatic carbocycles. The van der Waals surface area contributed by atoms with Gasteiger partial charge >= 0.3 is 0 Å². The number of ether oxygens (including phenoxy) is 1. The Morgan fingerprint density at radius 1 is 1.00 bits per heavy atom. The van der Waals surface area contributed by atoms with E-state index in [1.165, 1.54) is 11.6 Å². The van der Waals surface area contributed by atoms with Crippen molar-refractivity contribution < 1.29 is 23.5 Å². The molecule has 10 heteroatoms. The fraction of sp³-hybridized carbons (Fsp3) is 0.333. The topological polar surface area (TPSA) is 106 Å². The number of rotatable bonds is 7. The first-order chi connectivity index (χ1) is 20.7. The summed E-state index contributed by atoms with van der Waals surface area (Å²) in [5.74, 6) is -0.766. The first-order valence-corrected chi connectivity index (χ1v) is 14.4. The van der Waals surface area contributed by atoms with E-state index >= 15 is 0 Å². The third-order valence-corrected chi connectivity index (χ3v) is 8.71. The number of nitriles is 1. The van der Waals surface area contributed by atoms with Gasteiger partial charge in [0.2, 0.25) is 5.91 Å². The summed E-state index contributed by atoms with van der Waals surface area (Å²) in [6.45, 7) is 6.07. The first-order valence-electron chi connectivity index (χ1n) is 14.4. The first kappa shape index (κ1) is 28.4. The van der Waals surface area contributed by atoms with Crippen LogP contribution < -0.4 is 15.0 Å². The van der Waals surface area contributed by atoms with E-state index in [2.05, 4.69) is 22.3 Å². The molecular weight excluding hydrogens is 549 g/mol. The molecule has 3 heterocycles. The predicted molar refractivity (Wildman–Crippen MR) is 156 cm³/mol. The second-order valence-corrected chi connectivity index (χ2v) is 11.5. The molecule has 0 spiro atoms. The lowest BCUT2D eigenvalue weighted by Gasteiger charge is -2.39. The number of piperazine rings is 1. The second kappa shape index (κ2) is 11.5. The van der Waals surface area contributed by atoms with Crippen LogP contribution in [-0.4, -0.2) is 59.2 Å². The van der Waals surface area contributed by atoms with Crippen LogP contribution in [0.3, 0.4) is 0 Å². The number of carbonyl (C=O) groups is 3. The Bertz CT molecular complexity index is 1630. The van der Waals surface area contributed by atoms with Crippen LogP contribution in [0.25, 0.3) is 0 Å². The molecule has 1 N–H and O–H groups in total. The van der Waals surface area contributed by atoms with Crippen molar-refractivity contribution in [2.75, 3.05) is 31.1 Å². The molecule has 0 saturated carbocycles. The Hall–Kier alpha value is -4.75. The molecule has 2 fully saturated rings. The zero-order valence-corrected chi connectivity index (χ0v) is 23.9. The van der Waals surface area contributed by atoms with Crippen LogP contribution in [0.1, 0.15) is 52.4 Å². The number of fused-ring (bicyclic) bond motifs is 1. The normalized spacial score (nSPS) is 20.5. The van der Waals surface area contributed by atoms with Gasteiger partial charge in [-0.05, 0) is 54.8 Å². The largest absolute Gasteiger partial charge is 0.489 e. The van der Waals surface area contributed by atoms with E-state index in [4.69, 9.17) is 10.00 Å². The highest BCUT2D eigenvalue weighted by molar-refractivity contribution is 6.07. The van der Waals surface area contributed by atoms with Crippen LogP contribution in [0, 0.1) is 17.1 Å². The van der Waals surface area contributed by atoms with E-state index in [0.717, 1.165) is 30.8 Å². The van der Waals surface area contributed by atoms with E-state index in [0.29, 0.717) is 42.3 Å². The Morgan fingerprint density at radius 2 is 1.74 bits per heavy atom. The number of imide groups is 1. The fourth-order valence-electron chi connectivity index (χ4n) is 6.03. The lowest BCUT2D eigenvalue weighted by atomic mass is 9.89. The van der Waals surface area contributed by atoms with Crippen LogP contribution in [0.5, 0.6) is 5.75 Å². The van der Waals surface area contributed by atoms with Crippen LogP contribution >= 0.6 is 0 Å². The van der Waals surface area contributed by atoms with Crippen molar-refractivity contribution in [3.63, 3.8) is 0 Å². The Kier molecular flexibility index (Phi) is 7.59. The quantitative estimate of drug-likeness (QED) is 0.424. The van der Waals surface area contributed by atoms with Gasteiger partial charge in [0.25, 0.3) is 11.8 Å². The van der Waals surface area contributed by atoms with E-state index in [1.807, 2.05) is 29.2 Å². The van der Waals surface area contributed by atoms with Crippen molar-refractivity contribution in [3.8, 4) is 11.8 Å². The number of nitrogens with one attached hydrogen (secondary N) is 1. The minimum absolute atomic E-state index is 0.191. The standard InChI is InChI=1S/C33H32FN5O4/c1-33(12-11-30(40)36-32(33)42)39-20-26-25(31(39)41)3-2-4-29(26)43-21-23-7-5-22(6-8-23)19-37-13-15-38(16-14-37)28-10-9-24(18-35)17-27(28)34/h2-10,17H,11-16,19-21H2,1H3,(H,36,40,42)/t33-/m1/s1. The van der Waals surface area contributed by atoms with Crippen molar-refractivity contribution >= 4 is 23.4 Å². The molecule has 3 aliphatic rings. The van der Waals surface area contributed by atoms with E-state index in [-0.39, 0.29) is 37.0 Å². The van der Waals surface area contributed by atoms with Gasteiger partial charge < -0.3 is 14.5 Å². The Morgan fingerprint density at radius 3 is 2.44 bits per heavy atom. The maximum Gasteiger partial charge on any atom is 0.255 e. The number of piperidine rings is 1. The average molecular weight is 582 g/mol. The van der Waals surface area contributed by atoms with Gasteiger partial charge in [-0.25, -0.2) is 4.39 Å². The third-order valence-electron chi connectivity index (χ3n) is 8.71. The summed E-state index contributed by atoms with van der Waals surface area (Å²) in [7, 11) is 0. The van der Waals surface area contributed by atoms with Crippen molar-refractivity contribution in [2.45, 2.75) is 45.0 Å². The number of anilines is 1. The minimum Gasteiger partial charge on any atom is -0.489 e. The number of nitrogens with zero attached hydrogens (tertiary/aromatic N) is 4. The molecule has 0 aliphatic carbocycles. The third kappa shape index (κ3) is 5.56. The van der Waals surface area contributed by atoms with Crippen LogP contribution in [-0.2, 0) is 29.3 Å². The average Bonchev–Trinajstić information content (AvgIpc) is 3.36. The lowest BCUT2D eigenvalue weighted by molar-refractivity contribution is -0.142. The summed E-state index contributed by atoms with van der Waals surface area (Å²) in [6.07, 6.45) is 0.474. The molecule has 1 atom stereocenters. The van der Waals surface area contributed by atoms with Gasteiger partial charge in [0, 0.05) is 50.3 Å². The molecule has 6 rings (SSSR count). The minimum atomic E-state index is -1.09. The number of hydrogen-bond donors (Lipinski definition) is 1. The SMILES string of the molecule is C[C@@]1(N2Cc3c(OCc4ccc(CN5CCN(c6ccc(C#N)cc6F)CC5)cc4)cccc3C2=O)CCC(=O)NC1=O. The monoisotopic (exact) mass is 581 g/mol.